The van der Waals surface area contributed by atoms with Gasteiger partial charge in [0.25, 0.3) is 0 Å². The summed E-state index contributed by atoms with van der Waals surface area (Å²) in [6.07, 6.45) is 7.27. The third kappa shape index (κ3) is 4.07. The second kappa shape index (κ2) is 8.32. The lowest BCUT2D eigenvalue weighted by Gasteiger charge is -2.12. The van der Waals surface area contributed by atoms with Crippen LogP contribution in [0.4, 0.5) is 5.69 Å². The van der Waals surface area contributed by atoms with Gasteiger partial charge in [-0.3, -0.25) is 14.5 Å². The molecule has 0 unspecified atom stereocenters. The maximum absolute atomic E-state index is 12.5. The van der Waals surface area contributed by atoms with Crippen LogP contribution in [0.25, 0.3) is 11.4 Å². The first-order valence-electron chi connectivity index (χ1n) is 9.12. The Bertz CT molecular complexity index is 1120. The minimum Gasteiger partial charge on any atom is -0.325 e. The molecule has 1 N–H and O–H groups in total. The van der Waals surface area contributed by atoms with Crippen LogP contribution in [-0.2, 0) is 4.79 Å². The van der Waals surface area contributed by atoms with Crippen LogP contribution in [0, 0.1) is 13.8 Å². The molecule has 0 aliphatic heterocycles. The molecule has 0 spiro atoms. The van der Waals surface area contributed by atoms with Crippen molar-refractivity contribution in [3.63, 3.8) is 0 Å². The highest BCUT2D eigenvalue weighted by molar-refractivity contribution is 7.99. The Morgan fingerprint density at radius 1 is 1.07 bits per heavy atom. The molecule has 146 valence electrons. The Labute approximate surface area is 172 Å². The number of carbonyl (C=O) groups excluding carboxylic acids is 1. The minimum atomic E-state index is -0.0892. The molecule has 0 saturated carbocycles. The standard InChI is InChI=1S/C21H20N6OS/c1-15-7-5-9-18(16(15)2)23-19(28)14-29-21-25-24-20(17-8-6-10-22-13-17)27(21)26-11-3-4-12-26/h3-13H,14H2,1-2H3,(H,23,28). The highest BCUT2D eigenvalue weighted by Gasteiger charge is 2.17. The molecule has 0 bridgehead atoms. The van der Waals surface area contributed by atoms with Gasteiger partial charge in [-0.05, 0) is 55.3 Å². The SMILES string of the molecule is Cc1cccc(NC(=O)CSc2nnc(-c3cccnc3)n2-n2cccc2)c1C. The van der Waals surface area contributed by atoms with Crippen molar-refractivity contribution in [2.24, 2.45) is 0 Å². The summed E-state index contributed by atoms with van der Waals surface area (Å²) < 4.78 is 3.75. The lowest BCUT2D eigenvalue weighted by Crippen LogP contribution is -2.16. The van der Waals surface area contributed by atoms with Gasteiger partial charge in [-0.15, -0.1) is 10.2 Å². The lowest BCUT2D eigenvalue weighted by molar-refractivity contribution is -0.113. The highest BCUT2D eigenvalue weighted by Crippen LogP contribution is 2.24. The van der Waals surface area contributed by atoms with Gasteiger partial charge in [-0.2, -0.15) is 0 Å². The van der Waals surface area contributed by atoms with E-state index < -0.39 is 0 Å². The Balaban J connectivity index is 1.55. The van der Waals surface area contributed by atoms with Gasteiger partial charge in [0, 0.05) is 36.0 Å². The van der Waals surface area contributed by atoms with E-state index >= 15 is 0 Å². The Morgan fingerprint density at radius 3 is 2.66 bits per heavy atom. The molecular weight excluding hydrogens is 384 g/mol. The number of pyridine rings is 1. The van der Waals surface area contributed by atoms with Gasteiger partial charge in [-0.25, -0.2) is 4.68 Å². The van der Waals surface area contributed by atoms with Crippen molar-refractivity contribution in [3.8, 4) is 11.4 Å². The zero-order valence-corrected chi connectivity index (χ0v) is 16.9. The average molecular weight is 404 g/mol. The van der Waals surface area contributed by atoms with E-state index in [1.807, 2.05) is 78.1 Å². The molecule has 0 atom stereocenters. The first-order valence-corrected chi connectivity index (χ1v) is 10.1. The second-order valence-corrected chi connectivity index (χ2v) is 7.45. The quantitative estimate of drug-likeness (QED) is 0.495. The van der Waals surface area contributed by atoms with Crippen LogP contribution < -0.4 is 5.32 Å². The lowest BCUT2D eigenvalue weighted by atomic mass is 10.1. The molecule has 0 radical (unpaired) electrons. The van der Waals surface area contributed by atoms with Gasteiger partial charge in [-0.1, -0.05) is 23.9 Å². The van der Waals surface area contributed by atoms with Crippen molar-refractivity contribution >= 4 is 23.4 Å². The summed E-state index contributed by atoms with van der Waals surface area (Å²) in [6, 6.07) is 13.5. The number of benzene rings is 1. The van der Waals surface area contributed by atoms with Gasteiger partial charge in [0.2, 0.25) is 11.1 Å². The number of anilines is 1. The fourth-order valence-corrected chi connectivity index (χ4v) is 3.63. The van der Waals surface area contributed by atoms with E-state index in [1.54, 1.807) is 12.4 Å². The van der Waals surface area contributed by atoms with E-state index in [0.29, 0.717) is 11.0 Å². The predicted octanol–water partition coefficient (Wildman–Crippen LogP) is 3.80. The summed E-state index contributed by atoms with van der Waals surface area (Å²) in [6.45, 7) is 4.03. The van der Waals surface area contributed by atoms with Crippen LogP contribution in [0.15, 0.2) is 72.4 Å². The van der Waals surface area contributed by atoms with Crippen molar-refractivity contribution < 1.29 is 4.79 Å². The topological polar surface area (TPSA) is 77.6 Å². The smallest absolute Gasteiger partial charge is 0.234 e. The number of aromatic nitrogens is 5. The molecule has 0 aliphatic carbocycles. The van der Waals surface area contributed by atoms with Crippen molar-refractivity contribution in [1.29, 1.82) is 0 Å². The fraction of sp³-hybridized carbons (Fsp3) is 0.143. The molecule has 3 aromatic heterocycles. The normalized spacial score (nSPS) is 10.8. The number of carbonyl (C=O) groups is 1. The number of nitrogens with zero attached hydrogens (tertiary/aromatic N) is 5. The first-order chi connectivity index (χ1) is 14.1. The van der Waals surface area contributed by atoms with Crippen LogP contribution in [0.3, 0.4) is 0 Å². The summed E-state index contributed by atoms with van der Waals surface area (Å²) in [5.74, 6) is 0.792. The molecular formula is C21H20N6OS. The van der Waals surface area contributed by atoms with Gasteiger partial charge < -0.3 is 5.32 Å². The summed E-state index contributed by atoms with van der Waals surface area (Å²) in [5.41, 5.74) is 3.89. The molecule has 0 aliphatic rings. The van der Waals surface area contributed by atoms with Gasteiger partial charge in [0.05, 0.1) is 5.75 Å². The molecule has 3 heterocycles. The number of nitrogens with one attached hydrogen (secondary N) is 1. The summed E-state index contributed by atoms with van der Waals surface area (Å²) in [5, 5.41) is 12.2. The van der Waals surface area contributed by atoms with E-state index in [1.165, 1.54) is 11.8 Å². The summed E-state index contributed by atoms with van der Waals surface area (Å²) in [7, 11) is 0. The number of hydrogen-bond donors (Lipinski definition) is 1. The maximum atomic E-state index is 12.5. The average Bonchev–Trinajstić information content (AvgIpc) is 3.40. The molecule has 0 fully saturated rings. The number of amides is 1. The van der Waals surface area contributed by atoms with Crippen LogP contribution >= 0.6 is 11.8 Å². The monoisotopic (exact) mass is 404 g/mol. The molecule has 4 rings (SSSR count). The van der Waals surface area contributed by atoms with Crippen LogP contribution in [0.2, 0.25) is 0 Å². The third-order valence-corrected chi connectivity index (χ3v) is 5.48. The molecule has 8 heteroatoms. The number of aryl methyl sites for hydroxylation is 1. The highest BCUT2D eigenvalue weighted by atomic mass is 32.2. The molecule has 1 amide bonds. The molecule has 29 heavy (non-hydrogen) atoms. The summed E-state index contributed by atoms with van der Waals surface area (Å²) >= 11 is 1.33. The van der Waals surface area contributed by atoms with Gasteiger partial charge in [0.15, 0.2) is 5.82 Å². The number of hydrogen-bond acceptors (Lipinski definition) is 5. The Hall–Kier alpha value is -3.39. The van der Waals surface area contributed by atoms with Crippen molar-refractivity contribution in [2.45, 2.75) is 19.0 Å². The molecule has 4 aromatic rings. The zero-order valence-electron chi connectivity index (χ0n) is 16.1. The minimum absolute atomic E-state index is 0.0892. The van der Waals surface area contributed by atoms with Crippen LogP contribution in [0.5, 0.6) is 0 Å². The van der Waals surface area contributed by atoms with E-state index in [9.17, 15) is 4.79 Å². The first kappa shape index (κ1) is 18.9. The summed E-state index contributed by atoms with van der Waals surface area (Å²) in [4.78, 5) is 16.7. The number of rotatable bonds is 6. The largest absolute Gasteiger partial charge is 0.325 e. The third-order valence-electron chi connectivity index (χ3n) is 4.56. The predicted molar refractivity (Wildman–Crippen MR) is 114 cm³/mol. The van der Waals surface area contributed by atoms with Crippen LogP contribution in [0.1, 0.15) is 11.1 Å². The van der Waals surface area contributed by atoms with E-state index in [0.717, 1.165) is 22.4 Å². The van der Waals surface area contributed by atoms with Crippen molar-refractivity contribution in [3.05, 3.63) is 78.4 Å². The van der Waals surface area contributed by atoms with Crippen LogP contribution in [-0.4, -0.2) is 36.2 Å². The molecule has 7 nitrogen and oxygen atoms in total. The maximum Gasteiger partial charge on any atom is 0.234 e. The molecule has 0 saturated heterocycles. The number of thioether (sulfide) groups is 1. The zero-order chi connectivity index (χ0) is 20.2. The van der Waals surface area contributed by atoms with Crippen molar-refractivity contribution in [1.82, 2.24) is 24.5 Å². The second-order valence-electron chi connectivity index (χ2n) is 6.51. The van der Waals surface area contributed by atoms with Crippen molar-refractivity contribution in [2.75, 3.05) is 11.1 Å². The fourth-order valence-electron chi connectivity index (χ4n) is 2.90. The van der Waals surface area contributed by atoms with E-state index in [2.05, 4.69) is 20.5 Å². The van der Waals surface area contributed by atoms with E-state index in [4.69, 9.17) is 0 Å². The van der Waals surface area contributed by atoms with Gasteiger partial charge >= 0.3 is 0 Å². The molecule has 1 aromatic carbocycles. The van der Waals surface area contributed by atoms with E-state index in [-0.39, 0.29) is 11.7 Å². The Morgan fingerprint density at radius 2 is 1.90 bits per heavy atom. The Kier molecular flexibility index (Phi) is 5.44. The van der Waals surface area contributed by atoms with Gasteiger partial charge in [0.1, 0.15) is 0 Å².